The first-order chi connectivity index (χ1) is 11.9. The van der Waals surface area contributed by atoms with Crippen molar-refractivity contribution in [2.24, 2.45) is 0 Å². The Morgan fingerprint density at radius 1 is 1.40 bits per heavy atom. The lowest BCUT2D eigenvalue weighted by molar-refractivity contribution is 0.0764. The fourth-order valence-electron chi connectivity index (χ4n) is 3.00. The summed E-state index contributed by atoms with van der Waals surface area (Å²) in [5.74, 6) is -0.0751. The predicted octanol–water partition coefficient (Wildman–Crippen LogP) is 2.90. The summed E-state index contributed by atoms with van der Waals surface area (Å²) in [5, 5.41) is 1.99. The third-order valence-electron chi connectivity index (χ3n) is 4.14. The molecule has 25 heavy (non-hydrogen) atoms. The molecule has 0 bridgehead atoms. The van der Waals surface area contributed by atoms with Crippen molar-refractivity contribution < 1.29 is 13.2 Å². The van der Waals surface area contributed by atoms with Gasteiger partial charge in [-0.2, -0.15) is 0 Å². The van der Waals surface area contributed by atoms with Crippen LogP contribution in [-0.4, -0.2) is 38.6 Å². The number of carbonyl (C=O) groups excluding carboxylic acids is 1. The first kappa shape index (κ1) is 17.7. The smallest absolute Gasteiger partial charge is 0.254 e. The van der Waals surface area contributed by atoms with Gasteiger partial charge in [-0.1, -0.05) is 12.1 Å². The summed E-state index contributed by atoms with van der Waals surface area (Å²) < 4.78 is 25.0. The Morgan fingerprint density at radius 2 is 2.20 bits per heavy atom. The molecular formula is C18H20N2O3S2. The van der Waals surface area contributed by atoms with E-state index >= 15 is 0 Å². The van der Waals surface area contributed by atoms with Crippen LogP contribution in [-0.2, 0) is 23.0 Å². The first-order valence-electron chi connectivity index (χ1n) is 7.93. The van der Waals surface area contributed by atoms with Gasteiger partial charge >= 0.3 is 0 Å². The lowest BCUT2D eigenvalue weighted by Crippen LogP contribution is -2.30. The van der Waals surface area contributed by atoms with Crippen molar-refractivity contribution in [1.82, 2.24) is 4.90 Å². The van der Waals surface area contributed by atoms with E-state index < -0.39 is 10.0 Å². The summed E-state index contributed by atoms with van der Waals surface area (Å²) in [6, 6.07) is 9.21. The number of rotatable bonds is 6. The second kappa shape index (κ2) is 7.01. The van der Waals surface area contributed by atoms with Crippen LogP contribution in [0.5, 0.6) is 0 Å². The van der Waals surface area contributed by atoms with Crippen LogP contribution in [0.25, 0.3) is 0 Å². The van der Waals surface area contributed by atoms with Gasteiger partial charge in [0.2, 0.25) is 10.0 Å². The van der Waals surface area contributed by atoms with E-state index in [1.54, 1.807) is 34.4 Å². The maximum atomic E-state index is 12.9. The minimum Gasteiger partial charge on any atom is -0.330 e. The molecule has 0 saturated carbocycles. The molecule has 0 saturated heterocycles. The molecule has 1 amide bonds. The number of hydrogen-bond acceptors (Lipinski definition) is 4. The van der Waals surface area contributed by atoms with Gasteiger partial charge in [0, 0.05) is 23.5 Å². The van der Waals surface area contributed by atoms with Crippen LogP contribution >= 0.6 is 11.3 Å². The molecule has 7 heteroatoms. The number of sulfonamides is 1. The van der Waals surface area contributed by atoms with Crippen molar-refractivity contribution in [3.63, 3.8) is 0 Å². The van der Waals surface area contributed by atoms with E-state index in [0.717, 1.165) is 10.4 Å². The number of fused-ring (bicyclic) bond motifs is 1. The maximum Gasteiger partial charge on any atom is 0.254 e. The summed E-state index contributed by atoms with van der Waals surface area (Å²) in [6.07, 6.45) is 3.54. The summed E-state index contributed by atoms with van der Waals surface area (Å²) in [4.78, 5) is 15.7. The first-order valence-corrected chi connectivity index (χ1v) is 10.7. The van der Waals surface area contributed by atoms with Crippen LogP contribution in [0.1, 0.15) is 20.8 Å². The second-order valence-corrected chi connectivity index (χ2v) is 8.92. The van der Waals surface area contributed by atoms with Gasteiger partial charge in [0.15, 0.2) is 0 Å². The van der Waals surface area contributed by atoms with Crippen LogP contribution in [0.15, 0.2) is 48.4 Å². The Bertz CT molecular complexity index is 889. The third-order valence-corrected chi connectivity index (χ3v) is 6.18. The van der Waals surface area contributed by atoms with Gasteiger partial charge in [-0.15, -0.1) is 17.9 Å². The minimum atomic E-state index is -3.28. The fourth-order valence-corrected chi connectivity index (χ4v) is 4.68. The van der Waals surface area contributed by atoms with Gasteiger partial charge < -0.3 is 4.90 Å². The zero-order chi connectivity index (χ0) is 18.0. The molecule has 0 N–H and O–H groups in total. The molecule has 1 aliphatic rings. The Balaban J connectivity index is 1.85. The molecule has 0 atom stereocenters. The van der Waals surface area contributed by atoms with Crippen molar-refractivity contribution in [2.75, 3.05) is 23.7 Å². The number of nitrogens with zero attached hydrogens (tertiary/aromatic N) is 2. The van der Waals surface area contributed by atoms with E-state index in [0.29, 0.717) is 37.3 Å². The SMILES string of the molecule is C=CCN(Cc1cccs1)C(=O)c1ccc2c(c1)CCN2S(C)(=O)=O. The van der Waals surface area contributed by atoms with E-state index in [4.69, 9.17) is 0 Å². The summed E-state index contributed by atoms with van der Waals surface area (Å²) >= 11 is 1.61. The topological polar surface area (TPSA) is 57.7 Å². The Morgan fingerprint density at radius 3 is 2.84 bits per heavy atom. The Labute approximate surface area is 152 Å². The normalized spacial score (nSPS) is 13.6. The largest absolute Gasteiger partial charge is 0.330 e. The van der Waals surface area contributed by atoms with Gasteiger partial charge in [0.1, 0.15) is 0 Å². The minimum absolute atomic E-state index is 0.0751. The molecule has 1 aromatic heterocycles. The van der Waals surface area contributed by atoms with Crippen LogP contribution in [0.4, 0.5) is 5.69 Å². The molecule has 2 heterocycles. The lowest BCUT2D eigenvalue weighted by atomic mass is 10.1. The highest BCUT2D eigenvalue weighted by Crippen LogP contribution is 2.31. The zero-order valence-corrected chi connectivity index (χ0v) is 15.6. The van der Waals surface area contributed by atoms with E-state index in [1.165, 1.54) is 10.6 Å². The monoisotopic (exact) mass is 376 g/mol. The van der Waals surface area contributed by atoms with Gasteiger partial charge in [0.25, 0.3) is 5.91 Å². The molecule has 0 radical (unpaired) electrons. The van der Waals surface area contributed by atoms with Crippen molar-refractivity contribution >= 4 is 33.0 Å². The number of carbonyl (C=O) groups is 1. The lowest BCUT2D eigenvalue weighted by Gasteiger charge is -2.21. The van der Waals surface area contributed by atoms with E-state index in [2.05, 4.69) is 6.58 Å². The van der Waals surface area contributed by atoms with Crippen LogP contribution in [0.3, 0.4) is 0 Å². The highest BCUT2D eigenvalue weighted by atomic mass is 32.2. The molecule has 1 aromatic carbocycles. The van der Waals surface area contributed by atoms with Gasteiger partial charge in [0.05, 0.1) is 18.5 Å². The number of anilines is 1. The molecule has 2 aromatic rings. The van der Waals surface area contributed by atoms with E-state index in [9.17, 15) is 13.2 Å². The highest BCUT2D eigenvalue weighted by molar-refractivity contribution is 7.92. The number of hydrogen-bond donors (Lipinski definition) is 0. The van der Waals surface area contributed by atoms with E-state index in [1.807, 2.05) is 23.6 Å². The van der Waals surface area contributed by atoms with Gasteiger partial charge in [-0.3, -0.25) is 9.10 Å². The van der Waals surface area contributed by atoms with Crippen molar-refractivity contribution in [1.29, 1.82) is 0 Å². The number of benzene rings is 1. The molecule has 0 aliphatic carbocycles. The standard InChI is InChI=1S/C18H20N2O3S2/c1-3-9-19(13-16-5-4-11-24-16)18(21)15-6-7-17-14(12-15)8-10-20(17)25(2,22)23/h3-7,11-12H,1,8-10,13H2,2H3. The zero-order valence-electron chi connectivity index (χ0n) is 14.0. The maximum absolute atomic E-state index is 12.9. The molecule has 0 fully saturated rings. The second-order valence-electron chi connectivity index (χ2n) is 5.98. The number of amides is 1. The van der Waals surface area contributed by atoms with Crippen molar-refractivity contribution in [2.45, 2.75) is 13.0 Å². The molecule has 1 aliphatic heterocycles. The predicted molar refractivity (Wildman–Crippen MR) is 102 cm³/mol. The average molecular weight is 377 g/mol. The molecule has 3 rings (SSSR count). The Kier molecular flexibility index (Phi) is 4.96. The molecule has 0 spiro atoms. The Hall–Kier alpha value is -2.12. The van der Waals surface area contributed by atoms with Crippen LogP contribution in [0, 0.1) is 0 Å². The van der Waals surface area contributed by atoms with E-state index in [-0.39, 0.29) is 5.91 Å². The van der Waals surface area contributed by atoms with Crippen molar-refractivity contribution in [3.05, 3.63) is 64.4 Å². The van der Waals surface area contributed by atoms with Crippen molar-refractivity contribution in [3.8, 4) is 0 Å². The quantitative estimate of drug-likeness (QED) is 0.729. The summed E-state index contributed by atoms with van der Waals surface area (Å²) in [5.41, 5.74) is 2.14. The van der Waals surface area contributed by atoms with Gasteiger partial charge in [-0.05, 0) is 41.6 Å². The summed E-state index contributed by atoms with van der Waals surface area (Å²) in [6.45, 7) is 5.16. The molecule has 132 valence electrons. The van der Waals surface area contributed by atoms with Crippen LogP contribution in [0.2, 0.25) is 0 Å². The molecule has 5 nitrogen and oxygen atoms in total. The number of thiophene rings is 1. The fraction of sp³-hybridized carbons (Fsp3) is 0.278. The average Bonchev–Trinajstić information content (AvgIpc) is 3.21. The highest BCUT2D eigenvalue weighted by Gasteiger charge is 2.27. The third kappa shape index (κ3) is 3.77. The molecule has 0 unspecified atom stereocenters. The molecular weight excluding hydrogens is 356 g/mol. The summed E-state index contributed by atoms with van der Waals surface area (Å²) in [7, 11) is -3.28. The van der Waals surface area contributed by atoms with Crippen LogP contribution < -0.4 is 4.31 Å². The van der Waals surface area contributed by atoms with Gasteiger partial charge in [-0.25, -0.2) is 8.42 Å².